The summed E-state index contributed by atoms with van der Waals surface area (Å²) in [7, 11) is -1.06. The summed E-state index contributed by atoms with van der Waals surface area (Å²) in [5, 5.41) is 20.0. The highest BCUT2D eigenvalue weighted by molar-refractivity contribution is 7.13. The van der Waals surface area contributed by atoms with E-state index in [1.54, 1.807) is 5.38 Å². The van der Waals surface area contributed by atoms with Crippen LogP contribution in [0.1, 0.15) is 36.1 Å². The van der Waals surface area contributed by atoms with Crippen LogP contribution in [0.5, 0.6) is 5.75 Å². The molecule has 1 aromatic carbocycles. The number of oxime groups is 1. The molecule has 4 N–H and O–H groups in total. The number of benzene rings is 1. The van der Waals surface area contributed by atoms with Crippen LogP contribution in [0.15, 0.2) is 28.7 Å². The molecular weight excluding hydrogens is 415 g/mol. The van der Waals surface area contributed by atoms with Gasteiger partial charge in [-0.15, -0.1) is 11.3 Å². The van der Waals surface area contributed by atoms with E-state index in [9.17, 15) is 9.82 Å². The van der Waals surface area contributed by atoms with Crippen LogP contribution in [0.4, 0.5) is 5.13 Å². The number of Topliss-reactive ketones (excluding diaryl/α,β-unsaturated/α-hetero) is 1. The second kappa shape index (κ2) is 9.80. The molecule has 0 spiro atoms. The molecule has 2 aliphatic heterocycles. The van der Waals surface area contributed by atoms with Gasteiger partial charge in [0.25, 0.3) is 0 Å². The number of aryl methyl sites for hydroxylation is 1. The average Bonchev–Trinajstić information content (AvgIpc) is 3.19. The number of nitrogens with two attached hydrogens (primary N) is 1. The van der Waals surface area contributed by atoms with E-state index >= 15 is 0 Å². The Morgan fingerprint density at radius 3 is 3.00 bits per heavy atom. The molecule has 1 aromatic heterocycles. The van der Waals surface area contributed by atoms with Crippen molar-refractivity contribution in [3.8, 4) is 5.75 Å². The number of para-hydroxylation sites is 1. The third-order valence-electron chi connectivity index (χ3n) is 5.82. The number of nitrogens with zero attached hydrogens (tertiary/aromatic N) is 2. The lowest BCUT2D eigenvalue weighted by Crippen LogP contribution is -2.36. The smallest absolute Gasteiger partial charge is 0.526 e. The van der Waals surface area contributed by atoms with Crippen molar-refractivity contribution in [3.63, 3.8) is 0 Å². The van der Waals surface area contributed by atoms with Crippen molar-refractivity contribution < 1.29 is 19.3 Å². The van der Waals surface area contributed by atoms with Gasteiger partial charge in [0.1, 0.15) is 18.1 Å². The topological polar surface area (TPSA) is 119 Å². The Hall–Kier alpha value is -2.43. The third kappa shape index (κ3) is 5.26. The van der Waals surface area contributed by atoms with Crippen LogP contribution >= 0.6 is 11.3 Å². The summed E-state index contributed by atoms with van der Waals surface area (Å²) >= 11 is 1.25. The van der Waals surface area contributed by atoms with Crippen LogP contribution in [0.3, 0.4) is 0 Å². The van der Waals surface area contributed by atoms with E-state index in [2.05, 4.69) is 15.5 Å². The number of anilines is 1. The highest BCUT2D eigenvalue weighted by Gasteiger charge is 2.37. The Bertz CT molecular complexity index is 961. The number of hydrogen-bond acceptors (Lipinski definition) is 9. The van der Waals surface area contributed by atoms with E-state index in [1.165, 1.54) is 11.3 Å². The van der Waals surface area contributed by atoms with E-state index in [0.29, 0.717) is 35.5 Å². The van der Waals surface area contributed by atoms with E-state index in [4.69, 9.17) is 15.2 Å². The molecular formula is C21H27BN4O4S. The van der Waals surface area contributed by atoms with E-state index in [1.807, 2.05) is 25.1 Å². The molecule has 164 valence electrons. The number of fused-ring (bicyclic) bond motifs is 1. The van der Waals surface area contributed by atoms with Crippen LogP contribution < -0.4 is 15.7 Å². The molecule has 0 unspecified atom stereocenters. The monoisotopic (exact) mass is 442 g/mol. The molecule has 4 rings (SSSR count). The van der Waals surface area contributed by atoms with Gasteiger partial charge in [0.05, 0.1) is 0 Å². The van der Waals surface area contributed by atoms with Gasteiger partial charge >= 0.3 is 7.12 Å². The van der Waals surface area contributed by atoms with Crippen LogP contribution in [-0.2, 0) is 16.1 Å². The van der Waals surface area contributed by atoms with Crippen molar-refractivity contribution in [1.29, 1.82) is 0 Å². The van der Waals surface area contributed by atoms with E-state index < -0.39 is 7.12 Å². The highest BCUT2D eigenvalue weighted by Crippen LogP contribution is 2.36. The molecule has 1 fully saturated rings. The molecule has 0 radical (unpaired) electrons. The number of nitrogens with one attached hydrogen (secondary N) is 1. The van der Waals surface area contributed by atoms with Gasteiger partial charge in [0.2, 0.25) is 0 Å². The van der Waals surface area contributed by atoms with Crippen LogP contribution in [-0.4, -0.2) is 48.3 Å². The largest absolute Gasteiger partial charge is 0.536 e. The van der Waals surface area contributed by atoms with Gasteiger partial charge in [0, 0.05) is 17.6 Å². The first-order valence-electron chi connectivity index (χ1n) is 10.6. The summed E-state index contributed by atoms with van der Waals surface area (Å²) in [6.45, 7) is 4.33. The first-order chi connectivity index (χ1) is 15.0. The molecule has 2 aliphatic rings. The van der Waals surface area contributed by atoms with Crippen molar-refractivity contribution in [1.82, 2.24) is 10.3 Å². The van der Waals surface area contributed by atoms with Crippen LogP contribution in [0.2, 0.25) is 5.82 Å². The number of hydrogen-bond donors (Lipinski definition) is 3. The lowest BCUT2D eigenvalue weighted by Gasteiger charge is -2.28. The summed E-state index contributed by atoms with van der Waals surface area (Å²) in [4.78, 5) is 23.0. The molecule has 10 heteroatoms. The molecule has 1 saturated heterocycles. The second-order valence-corrected chi connectivity index (χ2v) is 9.05. The lowest BCUT2D eigenvalue weighted by atomic mass is 9.64. The average molecular weight is 442 g/mol. The maximum atomic E-state index is 13.2. The zero-order valence-electron chi connectivity index (χ0n) is 17.5. The van der Waals surface area contributed by atoms with Gasteiger partial charge in [0.15, 0.2) is 16.6 Å². The molecule has 3 heterocycles. The number of aromatic nitrogens is 1. The summed E-state index contributed by atoms with van der Waals surface area (Å²) in [5.41, 5.74) is 8.27. The predicted molar refractivity (Wildman–Crippen MR) is 121 cm³/mol. The lowest BCUT2D eigenvalue weighted by molar-refractivity contribution is -0.113. The number of carbonyl (C=O) groups excluding carboxylic acids is 1. The first kappa shape index (κ1) is 21.8. The van der Waals surface area contributed by atoms with Crippen molar-refractivity contribution in [3.05, 3.63) is 40.4 Å². The quantitative estimate of drug-likeness (QED) is 0.342. The van der Waals surface area contributed by atoms with Crippen molar-refractivity contribution >= 4 is 35.1 Å². The molecule has 0 saturated carbocycles. The highest BCUT2D eigenvalue weighted by atomic mass is 32.1. The fourth-order valence-electron chi connectivity index (χ4n) is 4.04. The Morgan fingerprint density at radius 1 is 1.45 bits per heavy atom. The molecule has 8 nitrogen and oxygen atoms in total. The number of carbonyl (C=O) groups is 1. The fraction of sp³-hybridized carbons (Fsp3) is 0.476. The normalized spacial score (nSPS) is 19.6. The van der Waals surface area contributed by atoms with Crippen molar-refractivity contribution in [2.45, 2.75) is 38.4 Å². The number of piperidine rings is 1. The van der Waals surface area contributed by atoms with Gasteiger partial charge in [-0.1, -0.05) is 23.4 Å². The number of nitrogen functional groups attached to an aromatic ring is 1. The summed E-state index contributed by atoms with van der Waals surface area (Å²) < 4.78 is 5.72. The minimum atomic E-state index is -1.06. The maximum absolute atomic E-state index is 13.2. The third-order valence-corrected chi connectivity index (χ3v) is 6.49. The Morgan fingerprint density at radius 2 is 2.26 bits per heavy atom. The molecule has 1 atom stereocenters. The van der Waals surface area contributed by atoms with Crippen LogP contribution in [0, 0.1) is 12.8 Å². The fourth-order valence-corrected chi connectivity index (χ4v) is 4.59. The standard InChI is InChI=1S/C21H27BN4O4S/c1-13-3-2-4-15-9-16(22(28)30-20(13)15)10-18(27)19(17-12-31-21(23)25-17)26-29-11-14-5-7-24-8-6-14/h2-4,12,14,16,24,28H,5-11H2,1H3,(H2,23,25)/b26-19-/t16-/m1/s1. The predicted octanol–water partition coefficient (Wildman–Crippen LogP) is 2.20. The Kier molecular flexibility index (Phi) is 6.89. The number of ketones is 1. The summed E-state index contributed by atoms with van der Waals surface area (Å²) in [6, 6.07) is 5.85. The molecule has 0 aliphatic carbocycles. The molecule has 0 bridgehead atoms. The second-order valence-electron chi connectivity index (χ2n) is 8.16. The molecule has 0 amide bonds. The van der Waals surface area contributed by atoms with Gasteiger partial charge in [-0.2, -0.15) is 0 Å². The van der Waals surface area contributed by atoms with Gasteiger partial charge < -0.3 is 25.6 Å². The molecule has 31 heavy (non-hydrogen) atoms. The summed E-state index contributed by atoms with van der Waals surface area (Å²) in [6.07, 6.45) is 2.66. The number of rotatable bonds is 7. The van der Waals surface area contributed by atoms with E-state index in [-0.39, 0.29) is 23.7 Å². The van der Waals surface area contributed by atoms with Crippen LogP contribution in [0.25, 0.3) is 0 Å². The molecule has 2 aromatic rings. The van der Waals surface area contributed by atoms with Gasteiger partial charge in [-0.05, 0) is 56.3 Å². The zero-order chi connectivity index (χ0) is 21.8. The number of thiazole rings is 1. The van der Waals surface area contributed by atoms with Crippen molar-refractivity contribution in [2.24, 2.45) is 11.1 Å². The van der Waals surface area contributed by atoms with Gasteiger partial charge in [-0.25, -0.2) is 4.98 Å². The maximum Gasteiger partial charge on any atom is 0.526 e. The Balaban J connectivity index is 1.47. The minimum absolute atomic E-state index is 0.0710. The SMILES string of the molecule is Cc1cccc2c1OB(O)[C@@H](CC(=O)/C(=N\OCC1CCNCC1)c1csc(N)n1)C2. The zero-order valence-corrected chi connectivity index (χ0v) is 18.4. The first-order valence-corrected chi connectivity index (χ1v) is 11.5. The Labute approximate surface area is 186 Å². The van der Waals surface area contributed by atoms with E-state index in [0.717, 1.165) is 37.1 Å². The summed E-state index contributed by atoms with van der Waals surface area (Å²) in [5.74, 6) is 0.479. The minimum Gasteiger partial charge on any atom is -0.536 e. The van der Waals surface area contributed by atoms with Crippen molar-refractivity contribution in [2.75, 3.05) is 25.4 Å². The van der Waals surface area contributed by atoms with Gasteiger partial charge in [-0.3, -0.25) is 4.79 Å².